The summed E-state index contributed by atoms with van der Waals surface area (Å²) in [4.78, 5) is 4.56. The van der Waals surface area contributed by atoms with Gasteiger partial charge in [-0.25, -0.2) is 4.39 Å². The molecule has 0 radical (unpaired) electrons. The van der Waals surface area contributed by atoms with Crippen LogP contribution in [0.2, 0.25) is 0 Å². The summed E-state index contributed by atoms with van der Waals surface area (Å²) in [6, 6.07) is 17.7. The number of nitrogens with zero attached hydrogens (tertiary/aromatic N) is 1. The van der Waals surface area contributed by atoms with Crippen molar-refractivity contribution in [2.45, 2.75) is 6.04 Å². The van der Waals surface area contributed by atoms with Crippen molar-refractivity contribution in [3.05, 3.63) is 77.7 Å². The van der Waals surface area contributed by atoms with Crippen LogP contribution >= 0.6 is 0 Å². The molecule has 0 aliphatic carbocycles. The number of rotatable bonds is 2. The standard InChI is InChI=1S/C16H13FN2/c17-13-8-5-12(6-9-13)16(18)15-10-7-11-3-1-2-4-14(11)19-15/h1-10,16H,18H2. The van der Waals surface area contributed by atoms with E-state index in [1.807, 2.05) is 36.4 Å². The molecule has 3 heteroatoms. The highest BCUT2D eigenvalue weighted by molar-refractivity contribution is 5.78. The van der Waals surface area contributed by atoms with Gasteiger partial charge in [0.05, 0.1) is 17.3 Å². The van der Waals surface area contributed by atoms with Gasteiger partial charge in [-0.1, -0.05) is 36.4 Å². The first-order valence-corrected chi connectivity index (χ1v) is 6.11. The molecule has 0 saturated heterocycles. The molecule has 3 aromatic rings. The lowest BCUT2D eigenvalue weighted by Crippen LogP contribution is -2.13. The van der Waals surface area contributed by atoms with Crippen LogP contribution in [0.15, 0.2) is 60.7 Å². The highest BCUT2D eigenvalue weighted by Gasteiger charge is 2.10. The number of halogens is 1. The second-order valence-corrected chi connectivity index (χ2v) is 4.46. The van der Waals surface area contributed by atoms with Gasteiger partial charge in [-0.3, -0.25) is 4.98 Å². The van der Waals surface area contributed by atoms with Crippen LogP contribution in [-0.2, 0) is 0 Å². The Labute approximate surface area is 110 Å². The highest BCUT2D eigenvalue weighted by atomic mass is 19.1. The molecule has 0 fully saturated rings. The van der Waals surface area contributed by atoms with Crippen molar-refractivity contribution in [2.24, 2.45) is 5.73 Å². The number of fused-ring (bicyclic) bond motifs is 1. The van der Waals surface area contributed by atoms with Gasteiger partial charge in [0.2, 0.25) is 0 Å². The van der Waals surface area contributed by atoms with Crippen LogP contribution < -0.4 is 5.73 Å². The Bertz CT molecular complexity index is 707. The summed E-state index contributed by atoms with van der Waals surface area (Å²) in [7, 11) is 0. The van der Waals surface area contributed by atoms with E-state index in [2.05, 4.69) is 4.98 Å². The molecule has 19 heavy (non-hydrogen) atoms. The number of benzene rings is 2. The van der Waals surface area contributed by atoms with E-state index in [1.54, 1.807) is 12.1 Å². The van der Waals surface area contributed by atoms with E-state index in [1.165, 1.54) is 12.1 Å². The molecule has 94 valence electrons. The Morgan fingerprint density at radius 2 is 1.63 bits per heavy atom. The number of nitrogens with two attached hydrogens (primary N) is 1. The zero-order chi connectivity index (χ0) is 13.2. The van der Waals surface area contributed by atoms with Gasteiger partial charge in [-0.2, -0.15) is 0 Å². The van der Waals surface area contributed by atoms with Crippen molar-refractivity contribution in [3.63, 3.8) is 0 Å². The Balaban J connectivity index is 2.01. The average molecular weight is 252 g/mol. The molecule has 0 aliphatic heterocycles. The molecule has 0 spiro atoms. The van der Waals surface area contributed by atoms with Gasteiger partial charge in [-0.15, -0.1) is 0 Å². The zero-order valence-corrected chi connectivity index (χ0v) is 10.3. The molecular formula is C16H13FN2. The van der Waals surface area contributed by atoms with E-state index in [0.717, 1.165) is 22.2 Å². The maximum absolute atomic E-state index is 12.9. The first kappa shape index (κ1) is 11.8. The lowest BCUT2D eigenvalue weighted by Gasteiger charge is -2.12. The van der Waals surface area contributed by atoms with Crippen molar-refractivity contribution in [2.75, 3.05) is 0 Å². The third-order valence-electron chi connectivity index (χ3n) is 3.17. The molecule has 1 unspecified atom stereocenters. The summed E-state index contributed by atoms with van der Waals surface area (Å²) < 4.78 is 12.9. The fourth-order valence-electron chi connectivity index (χ4n) is 2.10. The summed E-state index contributed by atoms with van der Waals surface area (Å²) in [5.41, 5.74) is 8.72. The number of para-hydroxylation sites is 1. The normalized spacial score (nSPS) is 12.5. The van der Waals surface area contributed by atoms with E-state index in [9.17, 15) is 4.39 Å². The smallest absolute Gasteiger partial charge is 0.123 e. The Morgan fingerprint density at radius 3 is 2.42 bits per heavy atom. The monoisotopic (exact) mass is 252 g/mol. The second kappa shape index (κ2) is 4.78. The Morgan fingerprint density at radius 1 is 0.895 bits per heavy atom. The quantitative estimate of drug-likeness (QED) is 0.759. The SMILES string of the molecule is NC(c1ccc(F)cc1)c1ccc2ccccc2n1. The Hall–Kier alpha value is -2.26. The molecule has 3 rings (SSSR count). The second-order valence-electron chi connectivity index (χ2n) is 4.46. The van der Waals surface area contributed by atoms with Gasteiger partial charge in [0, 0.05) is 5.39 Å². The number of hydrogen-bond donors (Lipinski definition) is 1. The molecule has 0 aliphatic rings. The van der Waals surface area contributed by atoms with Crippen molar-refractivity contribution >= 4 is 10.9 Å². The molecule has 0 bridgehead atoms. The highest BCUT2D eigenvalue weighted by Crippen LogP contribution is 2.21. The van der Waals surface area contributed by atoms with Gasteiger partial charge in [0.25, 0.3) is 0 Å². The molecular weight excluding hydrogens is 239 g/mol. The summed E-state index contributed by atoms with van der Waals surface area (Å²) in [5, 5.41) is 1.08. The number of pyridine rings is 1. The molecule has 0 amide bonds. The summed E-state index contributed by atoms with van der Waals surface area (Å²) in [6.07, 6.45) is 0. The van der Waals surface area contributed by atoms with Crippen molar-refractivity contribution in [1.29, 1.82) is 0 Å². The van der Waals surface area contributed by atoms with E-state index in [0.29, 0.717) is 0 Å². The van der Waals surface area contributed by atoms with Gasteiger partial charge < -0.3 is 5.73 Å². The van der Waals surface area contributed by atoms with Crippen LogP contribution in [0.1, 0.15) is 17.3 Å². The summed E-state index contributed by atoms with van der Waals surface area (Å²) >= 11 is 0. The molecule has 2 N–H and O–H groups in total. The van der Waals surface area contributed by atoms with Crippen LogP contribution in [-0.4, -0.2) is 4.98 Å². The topological polar surface area (TPSA) is 38.9 Å². The molecule has 0 saturated carbocycles. The minimum atomic E-state index is -0.342. The Kier molecular flexibility index (Phi) is 2.97. The third kappa shape index (κ3) is 2.33. The van der Waals surface area contributed by atoms with Crippen molar-refractivity contribution < 1.29 is 4.39 Å². The van der Waals surface area contributed by atoms with E-state index >= 15 is 0 Å². The predicted octanol–water partition coefficient (Wildman–Crippen LogP) is 3.42. The maximum atomic E-state index is 12.9. The molecule has 2 aromatic carbocycles. The fourth-order valence-corrected chi connectivity index (χ4v) is 2.10. The van der Waals surface area contributed by atoms with E-state index < -0.39 is 0 Å². The average Bonchev–Trinajstić information content (AvgIpc) is 2.47. The number of aromatic nitrogens is 1. The number of hydrogen-bond acceptors (Lipinski definition) is 2. The first-order valence-electron chi connectivity index (χ1n) is 6.11. The lowest BCUT2D eigenvalue weighted by atomic mass is 10.0. The summed E-state index contributed by atoms with van der Waals surface area (Å²) in [5.74, 6) is -0.262. The van der Waals surface area contributed by atoms with Gasteiger partial charge in [0.1, 0.15) is 5.82 Å². The zero-order valence-electron chi connectivity index (χ0n) is 10.3. The van der Waals surface area contributed by atoms with Crippen molar-refractivity contribution in [3.8, 4) is 0 Å². The first-order chi connectivity index (χ1) is 9.24. The van der Waals surface area contributed by atoms with Gasteiger partial charge in [-0.05, 0) is 29.8 Å². The molecule has 2 nitrogen and oxygen atoms in total. The largest absolute Gasteiger partial charge is 0.319 e. The van der Waals surface area contributed by atoms with Crippen LogP contribution in [0.25, 0.3) is 10.9 Å². The van der Waals surface area contributed by atoms with E-state index in [-0.39, 0.29) is 11.9 Å². The van der Waals surface area contributed by atoms with Crippen LogP contribution in [0.5, 0.6) is 0 Å². The minimum Gasteiger partial charge on any atom is -0.319 e. The predicted molar refractivity (Wildman–Crippen MR) is 74.2 cm³/mol. The van der Waals surface area contributed by atoms with E-state index in [4.69, 9.17) is 5.73 Å². The third-order valence-corrected chi connectivity index (χ3v) is 3.17. The van der Waals surface area contributed by atoms with Crippen LogP contribution in [0.3, 0.4) is 0 Å². The van der Waals surface area contributed by atoms with Crippen LogP contribution in [0, 0.1) is 5.82 Å². The van der Waals surface area contributed by atoms with Gasteiger partial charge >= 0.3 is 0 Å². The minimum absolute atomic E-state index is 0.262. The maximum Gasteiger partial charge on any atom is 0.123 e. The molecule has 1 atom stereocenters. The molecule has 1 aromatic heterocycles. The lowest BCUT2D eigenvalue weighted by molar-refractivity contribution is 0.626. The van der Waals surface area contributed by atoms with Crippen LogP contribution in [0.4, 0.5) is 4.39 Å². The fraction of sp³-hybridized carbons (Fsp3) is 0.0625. The molecule has 1 heterocycles. The van der Waals surface area contributed by atoms with Crippen molar-refractivity contribution in [1.82, 2.24) is 4.98 Å². The van der Waals surface area contributed by atoms with Gasteiger partial charge in [0.15, 0.2) is 0 Å². The summed E-state index contributed by atoms with van der Waals surface area (Å²) in [6.45, 7) is 0.